The van der Waals surface area contributed by atoms with Gasteiger partial charge in [0.05, 0.1) is 6.61 Å². The van der Waals surface area contributed by atoms with E-state index in [-0.39, 0.29) is 11.9 Å². The lowest BCUT2D eigenvalue weighted by Gasteiger charge is -2.22. The lowest BCUT2D eigenvalue weighted by molar-refractivity contribution is -0.131. The van der Waals surface area contributed by atoms with Crippen molar-refractivity contribution in [2.75, 3.05) is 46.4 Å². The van der Waals surface area contributed by atoms with E-state index < -0.39 is 0 Å². The third-order valence-corrected chi connectivity index (χ3v) is 3.37. The van der Waals surface area contributed by atoms with Gasteiger partial charge in [0.15, 0.2) is 0 Å². The standard InChI is InChI=1S/C13H27N3O2/c1-12(14)4-5-13(17)16-7-3-6-15(8-9-16)10-11-18-2/h12H,3-11,14H2,1-2H3. The summed E-state index contributed by atoms with van der Waals surface area (Å²) in [5, 5.41) is 0. The van der Waals surface area contributed by atoms with E-state index in [0.717, 1.165) is 52.2 Å². The Hall–Kier alpha value is -0.650. The van der Waals surface area contributed by atoms with Gasteiger partial charge in [-0.3, -0.25) is 9.69 Å². The van der Waals surface area contributed by atoms with Crippen molar-refractivity contribution in [1.82, 2.24) is 9.80 Å². The van der Waals surface area contributed by atoms with E-state index in [9.17, 15) is 4.79 Å². The van der Waals surface area contributed by atoms with Crippen LogP contribution in [0, 0.1) is 0 Å². The minimum absolute atomic E-state index is 0.110. The zero-order chi connectivity index (χ0) is 13.4. The van der Waals surface area contributed by atoms with Crippen LogP contribution in [0.15, 0.2) is 0 Å². The Balaban J connectivity index is 2.29. The molecule has 0 spiro atoms. The van der Waals surface area contributed by atoms with Crippen LogP contribution in [0.3, 0.4) is 0 Å². The Bertz CT molecular complexity index is 246. The van der Waals surface area contributed by atoms with Crippen LogP contribution in [0.5, 0.6) is 0 Å². The molecule has 1 atom stereocenters. The van der Waals surface area contributed by atoms with Crippen LogP contribution in [0.4, 0.5) is 0 Å². The molecule has 5 heteroatoms. The number of nitrogens with zero attached hydrogens (tertiary/aromatic N) is 2. The number of amides is 1. The van der Waals surface area contributed by atoms with Gasteiger partial charge < -0.3 is 15.4 Å². The number of carbonyl (C=O) groups excluding carboxylic acids is 1. The Morgan fingerprint density at radius 2 is 2.11 bits per heavy atom. The number of methoxy groups -OCH3 is 1. The van der Waals surface area contributed by atoms with Crippen molar-refractivity contribution in [3.05, 3.63) is 0 Å². The average molecular weight is 257 g/mol. The van der Waals surface area contributed by atoms with Crippen LogP contribution in [0.2, 0.25) is 0 Å². The van der Waals surface area contributed by atoms with Crippen LogP contribution in [0.1, 0.15) is 26.2 Å². The summed E-state index contributed by atoms with van der Waals surface area (Å²) in [4.78, 5) is 16.3. The molecule has 1 aliphatic rings. The second-order valence-electron chi connectivity index (χ2n) is 5.08. The molecular weight excluding hydrogens is 230 g/mol. The Kier molecular flexibility index (Phi) is 7.23. The zero-order valence-electron chi connectivity index (χ0n) is 11.7. The van der Waals surface area contributed by atoms with Gasteiger partial charge in [0.2, 0.25) is 5.91 Å². The van der Waals surface area contributed by atoms with E-state index in [2.05, 4.69) is 4.90 Å². The predicted molar refractivity (Wildman–Crippen MR) is 72.4 cm³/mol. The summed E-state index contributed by atoms with van der Waals surface area (Å²) in [6.45, 7) is 7.38. The average Bonchev–Trinajstić information content (AvgIpc) is 2.58. The fourth-order valence-electron chi connectivity index (χ4n) is 2.17. The van der Waals surface area contributed by atoms with E-state index >= 15 is 0 Å². The minimum atomic E-state index is 0.110. The van der Waals surface area contributed by atoms with Crippen molar-refractivity contribution in [1.29, 1.82) is 0 Å². The highest BCUT2D eigenvalue weighted by atomic mass is 16.5. The van der Waals surface area contributed by atoms with Gasteiger partial charge in [-0.2, -0.15) is 0 Å². The number of hydrogen-bond donors (Lipinski definition) is 1. The first-order valence-corrected chi connectivity index (χ1v) is 6.88. The lowest BCUT2D eigenvalue weighted by Crippen LogP contribution is -2.36. The van der Waals surface area contributed by atoms with E-state index in [4.69, 9.17) is 10.5 Å². The third-order valence-electron chi connectivity index (χ3n) is 3.37. The number of nitrogens with two attached hydrogens (primary N) is 1. The van der Waals surface area contributed by atoms with Gasteiger partial charge in [-0.15, -0.1) is 0 Å². The smallest absolute Gasteiger partial charge is 0.222 e. The Labute approximate surface area is 110 Å². The van der Waals surface area contributed by atoms with Crippen molar-refractivity contribution in [2.45, 2.75) is 32.2 Å². The predicted octanol–water partition coefficient (Wildman–Crippen LogP) is 0.295. The first-order chi connectivity index (χ1) is 8.63. The van der Waals surface area contributed by atoms with Gasteiger partial charge in [0, 0.05) is 45.8 Å². The first kappa shape index (κ1) is 15.4. The van der Waals surface area contributed by atoms with Gasteiger partial charge in [0.25, 0.3) is 0 Å². The lowest BCUT2D eigenvalue weighted by atomic mass is 10.2. The molecular formula is C13H27N3O2. The second kappa shape index (κ2) is 8.45. The Morgan fingerprint density at radius 3 is 2.78 bits per heavy atom. The fourth-order valence-corrected chi connectivity index (χ4v) is 2.17. The molecule has 1 unspecified atom stereocenters. The molecule has 0 radical (unpaired) electrons. The van der Waals surface area contributed by atoms with E-state index in [0.29, 0.717) is 6.42 Å². The first-order valence-electron chi connectivity index (χ1n) is 6.88. The van der Waals surface area contributed by atoms with E-state index in [1.54, 1.807) is 7.11 Å². The van der Waals surface area contributed by atoms with Crippen molar-refractivity contribution in [3.8, 4) is 0 Å². The van der Waals surface area contributed by atoms with Gasteiger partial charge in [-0.25, -0.2) is 0 Å². The number of hydrogen-bond acceptors (Lipinski definition) is 4. The zero-order valence-corrected chi connectivity index (χ0v) is 11.7. The molecule has 18 heavy (non-hydrogen) atoms. The summed E-state index contributed by atoms with van der Waals surface area (Å²) in [5.41, 5.74) is 5.69. The molecule has 0 bridgehead atoms. The van der Waals surface area contributed by atoms with Gasteiger partial charge in [-0.1, -0.05) is 0 Å². The van der Waals surface area contributed by atoms with Crippen LogP contribution < -0.4 is 5.73 Å². The van der Waals surface area contributed by atoms with Crippen LogP contribution in [-0.2, 0) is 9.53 Å². The summed E-state index contributed by atoms with van der Waals surface area (Å²) in [6, 6.07) is 0.110. The highest BCUT2D eigenvalue weighted by molar-refractivity contribution is 5.76. The van der Waals surface area contributed by atoms with Crippen molar-refractivity contribution < 1.29 is 9.53 Å². The topological polar surface area (TPSA) is 58.8 Å². The molecule has 0 aromatic heterocycles. The monoisotopic (exact) mass is 257 g/mol. The summed E-state index contributed by atoms with van der Waals surface area (Å²) < 4.78 is 5.09. The van der Waals surface area contributed by atoms with Crippen LogP contribution in [0.25, 0.3) is 0 Å². The van der Waals surface area contributed by atoms with Crippen molar-refractivity contribution in [3.63, 3.8) is 0 Å². The molecule has 0 aliphatic carbocycles. The van der Waals surface area contributed by atoms with Crippen LogP contribution in [-0.4, -0.2) is 68.2 Å². The van der Waals surface area contributed by atoms with Gasteiger partial charge >= 0.3 is 0 Å². The maximum absolute atomic E-state index is 12.0. The number of rotatable bonds is 6. The van der Waals surface area contributed by atoms with Crippen LogP contribution >= 0.6 is 0 Å². The molecule has 1 aliphatic heterocycles. The third kappa shape index (κ3) is 5.80. The molecule has 0 aromatic carbocycles. The summed E-state index contributed by atoms with van der Waals surface area (Å²) in [7, 11) is 1.72. The Morgan fingerprint density at radius 1 is 1.33 bits per heavy atom. The quantitative estimate of drug-likeness (QED) is 0.743. The highest BCUT2D eigenvalue weighted by Crippen LogP contribution is 2.06. The largest absolute Gasteiger partial charge is 0.383 e. The molecule has 1 fully saturated rings. The van der Waals surface area contributed by atoms with E-state index in [1.165, 1.54) is 0 Å². The maximum Gasteiger partial charge on any atom is 0.222 e. The van der Waals surface area contributed by atoms with Crippen molar-refractivity contribution >= 4 is 5.91 Å². The molecule has 2 N–H and O–H groups in total. The minimum Gasteiger partial charge on any atom is -0.383 e. The van der Waals surface area contributed by atoms with Gasteiger partial charge in [0.1, 0.15) is 0 Å². The van der Waals surface area contributed by atoms with E-state index in [1.807, 2.05) is 11.8 Å². The SMILES string of the molecule is COCCN1CCCN(C(=O)CCC(C)N)CC1. The number of ether oxygens (including phenoxy) is 1. The second-order valence-corrected chi connectivity index (χ2v) is 5.08. The summed E-state index contributed by atoms with van der Waals surface area (Å²) in [6.07, 6.45) is 2.41. The molecule has 1 heterocycles. The number of carbonyl (C=O) groups is 1. The summed E-state index contributed by atoms with van der Waals surface area (Å²) in [5.74, 6) is 0.251. The van der Waals surface area contributed by atoms with Gasteiger partial charge in [-0.05, 0) is 26.3 Å². The molecule has 1 saturated heterocycles. The molecule has 1 amide bonds. The molecule has 1 rings (SSSR count). The molecule has 0 saturated carbocycles. The molecule has 0 aromatic rings. The maximum atomic E-state index is 12.0. The highest BCUT2D eigenvalue weighted by Gasteiger charge is 2.18. The fraction of sp³-hybridized carbons (Fsp3) is 0.923. The molecule has 106 valence electrons. The normalized spacial score (nSPS) is 19.6. The van der Waals surface area contributed by atoms with Crippen molar-refractivity contribution in [2.24, 2.45) is 5.73 Å². The molecule has 5 nitrogen and oxygen atoms in total. The summed E-state index contributed by atoms with van der Waals surface area (Å²) >= 11 is 0.